The number of carbonyl (C=O) groups excluding carboxylic acids is 1. The Morgan fingerprint density at radius 3 is 2.81 bits per heavy atom. The number of aromatic nitrogens is 5. The summed E-state index contributed by atoms with van der Waals surface area (Å²) in [7, 11) is 0. The molecule has 0 aliphatic heterocycles. The Kier molecular flexibility index (Phi) is 4.86. The summed E-state index contributed by atoms with van der Waals surface area (Å²) in [5, 5.41) is 11.0. The van der Waals surface area contributed by atoms with E-state index in [0.29, 0.717) is 22.1 Å². The van der Waals surface area contributed by atoms with Crippen molar-refractivity contribution in [2.24, 2.45) is 0 Å². The molecule has 0 unspecified atom stereocenters. The number of rotatable bonds is 5. The lowest BCUT2D eigenvalue weighted by Crippen LogP contribution is -2.23. The van der Waals surface area contributed by atoms with Crippen LogP contribution in [0.25, 0.3) is 5.65 Å². The summed E-state index contributed by atoms with van der Waals surface area (Å²) in [6.07, 6.45) is -0.914. The van der Waals surface area contributed by atoms with Crippen molar-refractivity contribution in [3.63, 3.8) is 0 Å². The van der Waals surface area contributed by atoms with Gasteiger partial charge >= 0.3 is 6.18 Å². The van der Waals surface area contributed by atoms with Gasteiger partial charge in [-0.05, 0) is 6.92 Å². The van der Waals surface area contributed by atoms with Crippen LogP contribution < -0.4 is 5.32 Å². The van der Waals surface area contributed by atoms with Crippen molar-refractivity contribution in [3.8, 4) is 0 Å². The van der Waals surface area contributed by atoms with Crippen molar-refractivity contribution in [3.05, 3.63) is 46.6 Å². The van der Waals surface area contributed by atoms with Gasteiger partial charge in [-0.15, -0.1) is 0 Å². The maximum atomic E-state index is 12.3. The van der Waals surface area contributed by atoms with E-state index in [0.717, 1.165) is 0 Å². The zero-order valence-corrected chi connectivity index (χ0v) is 14.3. The van der Waals surface area contributed by atoms with Gasteiger partial charge in [0, 0.05) is 18.3 Å². The van der Waals surface area contributed by atoms with Crippen molar-refractivity contribution < 1.29 is 18.0 Å². The normalized spacial score (nSPS) is 11.9. The minimum atomic E-state index is -4.28. The summed E-state index contributed by atoms with van der Waals surface area (Å²) >= 11 is 5.84. The first kappa shape index (κ1) is 18.2. The molecule has 3 aromatic heterocycles. The van der Waals surface area contributed by atoms with Crippen LogP contribution in [0.1, 0.15) is 28.2 Å². The fourth-order valence-electron chi connectivity index (χ4n) is 2.38. The maximum Gasteiger partial charge on any atom is 0.390 e. The highest BCUT2D eigenvalue weighted by atomic mass is 35.5. The van der Waals surface area contributed by atoms with Gasteiger partial charge in [0.2, 0.25) is 0 Å². The number of carbonyl (C=O) groups is 1. The van der Waals surface area contributed by atoms with E-state index >= 15 is 0 Å². The van der Waals surface area contributed by atoms with Crippen molar-refractivity contribution >= 4 is 23.2 Å². The molecule has 0 fully saturated rings. The van der Waals surface area contributed by atoms with Gasteiger partial charge in [0.1, 0.15) is 0 Å². The average Bonchev–Trinajstić information content (AvgIpc) is 3.12. The van der Waals surface area contributed by atoms with Crippen molar-refractivity contribution in [2.75, 3.05) is 0 Å². The number of nitrogens with one attached hydrogen (secondary N) is 1. The lowest BCUT2D eigenvalue weighted by atomic mass is 10.2. The van der Waals surface area contributed by atoms with E-state index in [9.17, 15) is 18.0 Å². The van der Waals surface area contributed by atoms with Gasteiger partial charge < -0.3 is 5.32 Å². The van der Waals surface area contributed by atoms with Gasteiger partial charge in [0.05, 0.1) is 47.8 Å². The van der Waals surface area contributed by atoms with E-state index in [1.54, 1.807) is 19.2 Å². The Balaban J connectivity index is 1.65. The quantitative estimate of drug-likeness (QED) is 0.731. The minimum absolute atomic E-state index is 0.132. The molecule has 7 nitrogen and oxygen atoms in total. The average molecular weight is 387 g/mol. The van der Waals surface area contributed by atoms with E-state index in [-0.39, 0.29) is 18.7 Å². The molecule has 0 radical (unpaired) electrons. The number of fused-ring (bicyclic) bond motifs is 1. The largest absolute Gasteiger partial charge is 0.390 e. The Hall–Kier alpha value is -2.62. The molecule has 138 valence electrons. The number of hydrogen-bond acceptors (Lipinski definition) is 4. The van der Waals surface area contributed by atoms with E-state index in [1.807, 2.05) is 0 Å². The Labute approximate surface area is 150 Å². The van der Waals surface area contributed by atoms with Gasteiger partial charge in [-0.2, -0.15) is 23.4 Å². The second-order valence-corrected chi connectivity index (χ2v) is 6.06. The fourth-order valence-corrected chi connectivity index (χ4v) is 2.52. The monoisotopic (exact) mass is 386 g/mol. The van der Waals surface area contributed by atoms with Gasteiger partial charge in [0.15, 0.2) is 5.65 Å². The number of halogens is 4. The van der Waals surface area contributed by atoms with E-state index in [4.69, 9.17) is 11.6 Å². The van der Waals surface area contributed by atoms with Crippen LogP contribution in [0.4, 0.5) is 13.2 Å². The minimum Gasteiger partial charge on any atom is -0.346 e. The van der Waals surface area contributed by atoms with Crippen molar-refractivity contribution in [1.29, 1.82) is 0 Å². The topological polar surface area (TPSA) is 77.1 Å². The van der Waals surface area contributed by atoms with Gasteiger partial charge in [-0.25, -0.2) is 9.50 Å². The summed E-state index contributed by atoms with van der Waals surface area (Å²) in [6, 6.07) is 1.63. The molecule has 0 saturated carbocycles. The number of imidazole rings is 1. The van der Waals surface area contributed by atoms with Gasteiger partial charge in [-0.3, -0.25) is 9.48 Å². The molecule has 11 heteroatoms. The Bertz CT molecular complexity index is 949. The number of amides is 1. The molecule has 0 aromatic carbocycles. The summed E-state index contributed by atoms with van der Waals surface area (Å²) < 4.78 is 39.6. The molecule has 3 heterocycles. The third kappa shape index (κ3) is 4.13. The standard InChI is InChI=1S/C15H14ClF3N6O/c1-9-12(7-22-24(9)3-2-15(17,18)19)14(26)20-6-11-8-25-13(23-11)4-10(16)5-21-25/h4-5,7-8H,2-3,6H2,1H3,(H,20,26). The smallest absolute Gasteiger partial charge is 0.346 e. The molecule has 26 heavy (non-hydrogen) atoms. The summed E-state index contributed by atoms with van der Waals surface area (Å²) in [5.74, 6) is -0.441. The van der Waals surface area contributed by atoms with Crippen LogP contribution in [0.15, 0.2) is 24.7 Å². The first-order chi connectivity index (χ1) is 12.2. The van der Waals surface area contributed by atoms with Crippen molar-refractivity contribution in [1.82, 2.24) is 29.7 Å². The lowest BCUT2D eigenvalue weighted by molar-refractivity contribution is -0.137. The summed E-state index contributed by atoms with van der Waals surface area (Å²) in [5.41, 5.74) is 1.69. The number of aryl methyl sites for hydroxylation is 1. The van der Waals surface area contributed by atoms with Gasteiger partial charge in [0.25, 0.3) is 5.91 Å². The highest BCUT2D eigenvalue weighted by Gasteiger charge is 2.27. The van der Waals surface area contributed by atoms with Crippen LogP contribution in [0, 0.1) is 6.92 Å². The zero-order valence-electron chi connectivity index (χ0n) is 13.6. The van der Waals surface area contributed by atoms with Crippen LogP contribution in [0.3, 0.4) is 0 Å². The van der Waals surface area contributed by atoms with Crippen LogP contribution >= 0.6 is 11.6 Å². The van der Waals surface area contributed by atoms with Crippen LogP contribution in [-0.2, 0) is 13.1 Å². The van der Waals surface area contributed by atoms with E-state index < -0.39 is 18.5 Å². The van der Waals surface area contributed by atoms with Crippen LogP contribution in [0.5, 0.6) is 0 Å². The zero-order chi connectivity index (χ0) is 18.9. The molecule has 0 aliphatic carbocycles. The third-order valence-electron chi connectivity index (χ3n) is 3.72. The number of hydrogen-bond donors (Lipinski definition) is 1. The molecular weight excluding hydrogens is 373 g/mol. The number of nitrogens with zero attached hydrogens (tertiary/aromatic N) is 5. The molecule has 3 aromatic rings. The van der Waals surface area contributed by atoms with Gasteiger partial charge in [-0.1, -0.05) is 11.6 Å². The third-order valence-corrected chi connectivity index (χ3v) is 3.93. The maximum absolute atomic E-state index is 12.3. The second-order valence-electron chi connectivity index (χ2n) is 5.62. The predicted molar refractivity (Wildman–Crippen MR) is 86.8 cm³/mol. The highest BCUT2D eigenvalue weighted by Crippen LogP contribution is 2.21. The molecule has 0 bridgehead atoms. The molecule has 0 atom stereocenters. The molecule has 1 amide bonds. The van der Waals surface area contributed by atoms with Crippen molar-refractivity contribution in [2.45, 2.75) is 32.6 Å². The summed E-state index contributed by atoms with van der Waals surface area (Å²) in [4.78, 5) is 16.5. The molecule has 0 aliphatic rings. The Morgan fingerprint density at radius 1 is 1.31 bits per heavy atom. The Morgan fingerprint density at radius 2 is 2.08 bits per heavy atom. The number of alkyl halides is 3. The molecule has 1 N–H and O–H groups in total. The van der Waals surface area contributed by atoms with E-state index in [1.165, 1.54) is 21.6 Å². The van der Waals surface area contributed by atoms with Crippen LogP contribution in [0.2, 0.25) is 5.02 Å². The first-order valence-electron chi connectivity index (χ1n) is 7.60. The highest BCUT2D eigenvalue weighted by molar-refractivity contribution is 6.30. The molecule has 0 spiro atoms. The molecular formula is C15H14ClF3N6O. The second kappa shape index (κ2) is 6.94. The first-order valence-corrected chi connectivity index (χ1v) is 7.98. The van der Waals surface area contributed by atoms with E-state index in [2.05, 4.69) is 20.5 Å². The SMILES string of the molecule is Cc1c(C(=O)NCc2cn3ncc(Cl)cc3n2)cnn1CCC(F)(F)F. The predicted octanol–water partition coefficient (Wildman–Crippen LogP) is 2.77. The van der Waals surface area contributed by atoms with Crippen LogP contribution in [-0.4, -0.2) is 36.5 Å². The summed E-state index contributed by atoms with van der Waals surface area (Å²) in [6.45, 7) is 1.35. The molecule has 3 rings (SSSR count). The lowest BCUT2D eigenvalue weighted by Gasteiger charge is -2.08. The fraction of sp³-hybridized carbons (Fsp3) is 0.333. The molecule has 0 saturated heterocycles.